The van der Waals surface area contributed by atoms with E-state index in [0.29, 0.717) is 23.5 Å². The van der Waals surface area contributed by atoms with Crippen LogP contribution in [0.5, 0.6) is 0 Å². The highest BCUT2D eigenvalue weighted by atomic mass is 16.3. The van der Waals surface area contributed by atoms with Gasteiger partial charge in [0.1, 0.15) is 0 Å². The van der Waals surface area contributed by atoms with Gasteiger partial charge in [0.25, 0.3) is 5.91 Å². The van der Waals surface area contributed by atoms with Crippen molar-refractivity contribution in [3.63, 3.8) is 0 Å². The lowest BCUT2D eigenvalue weighted by Gasteiger charge is -2.32. The number of hydrogen-bond donors (Lipinski definition) is 2. The Balaban J connectivity index is 2.22. The topological polar surface area (TPSA) is 69.2 Å². The van der Waals surface area contributed by atoms with Gasteiger partial charge < -0.3 is 10.1 Å². The first-order valence-corrected chi connectivity index (χ1v) is 6.33. The largest absolute Gasteiger partial charge is 0.361 e. The van der Waals surface area contributed by atoms with E-state index in [1.807, 2.05) is 13.0 Å². The zero-order valence-corrected chi connectivity index (χ0v) is 10.6. The number of amides is 1. The standard InChI is InChI=1S/C14H15N3O2/c1-2-9-17-12(18)10-5-3-4-6-11(10)14(17,19)13-15-7-8-16-13/h3-8,19H,2,9H2,1H3,(H,15,16)/t14-/m0/s1. The highest BCUT2D eigenvalue weighted by Gasteiger charge is 2.51. The molecule has 1 aromatic carbocycles. The summed E-state index contributed by atoms with van der Waals surface area (Å²) in [5.74, 6) is 0.218. The first kappa shape index (κ1) is 11.9. The highest BCUT2D eigenvalue weighted by molar-refractivity contribution is 6.00. The summed E-state index contributed by atoms with van der Waals surface area (Å²) in [6.07, 6.45) is 3.98. The third-order valence-corrected chi connectivity index (χ3v) is 3.44. The van der Waals surface area contributed by atoms with E-state index in [9.17, 15) is 9.90 Å². The van der Waals surface area contributed by atoms with Gasteiger partial charge in [0, 0.05) is 30.1 Å². The molecule has 2 aromatic rings. The highest BCUT2D eigenvalue weighted by Crippen LogP contribution is 2.40. The van der Waals surface area contributed by atoms with Crippen LogP contribution in [0, 0.1) is 0 Å². The fourth-order valence-electron chi connectivity index (χ4n) is 2.61. The zero-order chi connectivity index (χ0) is 13.5. The van der Waals surface area contributed by atoms with Crippen LogP contribution in [0.2, 0.25) is 0 Å². The quantitative estimate of drug-likeness (QED) is 0.874. The van der Waals surface area contributed by atoms with Crippen LogP contribution >= 0.6 is 0 Å². The van der Waals surface area contributed by atoms with Crippen molar-refractivity contribution in [2.24, 2.45) is 0 Å². The molecular formula is C14H15N3O2. The molecule has 5 nitrogen and oxygen atoms in total. The molecule has 0 spiro atoms. The van der Waals surface area contributed by atoms with E-state index >= 15 is 0 Å². The second-order valence-corrected chi connectivity index (χ2v) is 4.61. The minimum absolute atomic E-state index is 0.156. The Labute approximate surface area is 110 Å². The van der Waals surface area contributed by atoms with Gasteiger partial charge >= 0.3 is 0 Å². The Morgan fingerprint density at radius 1 is 1.42 bits per heavy atom. The number of carbonyl (C=O) groups excluding carboxylic acids is 1. The summed E-state index contributed by atoms with van der Waals surface area (Å²) in [4.78, 5) is 20.9. The molecule has 0 bridgehead atoms. The lowest BCUT2D eigenvalue weighted by molar-refractivity contribution is -0.0557. The fourth-order valence-corrected chi connectivity index (χ4v) is 2.61. The summed E-state index contributed by atoms with van der Waals surface area (Å²) in [6.45, 7) is 2.45. The molecule has 0 radical (unpaired) electrons. The van der Waals surface area contributed by atoms with Crippen molar-refractivity contribution in [3.8, 4) is 0 Å². The molecule has 3 rings (SSSR count). The van der Waals surface area contributed by atoms with Crippen molar-refractivity contribution < 1.29 is 9.90 Å². The molecule has 1 aliphatic rings. The molecule has 0 saturated carbocycles. The second-order valence-electron chi connectivity index (χ2n) is 4.61. The first-order valence-electron chi connectivity index (χ1n) is 6.33. The second kappa shape index (κ2) is 4.20. The summed E-state index contributed by atoms with van der Waals surface area (Å²) in [5, 5.41) is 11.1. The van der Waals surface area contributed by atoms with Gasteiger partial charge in [-0.1, -0.05) is 25.1 Å². The monoisotopic (exact) mass is 257 g/mol. The van der Waals surface area contributed by atoms with Crippen LogP contribution in [0.25, 0.3) is 0 Å². The number of hydrogen-bond acceptors (Lipinski definition) is 3. The van der Waals surface area contributed by atoms with Crippen LogP contribution in [-0.2, 0) is 5.72 Å². The molecule has 0 fully saturated rings. The van der Waals surface area contributed by atoms with Crippen LogP contribution in [0.4, 0.5) is 0 Å². The summed E-state index contributed by atoms with van der Waals surface area (Å²) < 4.78 is 0. The molecular weight excluding hydrogens is 242 g/mol. The van der Waals surface area contributed by atoms with Gasteiger partial charge in [-0.3, -0.25) is 9.69 Å². The van der Waals surface area contributed by atoms with E-state index in [2.05, 4.69) is 9.97 Å². The van der Waals surface area contributed by atoms with Crippen molar-refractivity contribution in [2.45, 2.75) is 19.1 Å². The zero-order valence-electron chi connectivity index (χ0n) is 10.6. The van der Waals surface area contributed by atoms with Crippen LogP contribution in [0.1, 0.15) is 35.1 Å². The molecule has 2 N–H and O–H groups in total. The van der Waals surface area contributed by atoms with Gasteiger partial charge in [-0.15, -0.1) is 0 Å². The van der Waals surface area contributed by atoms with Gasteiger partial charge in [0.15, 0.2) is 5.82 Å². The maximum Gasteiger partial charge on any atom is 0.257 e. The number of fused-ring (bicyclic) bond motifs is 1. The molecule has 0 unspecified atom stereocenters. The number of nitrogens with zero attached hydrogens (tertiary/aromatic N) is 2. The third kappa shape index (κ3) is 1.51. The minimum Gasteiger partial charge on any atom is -0.361 e. The number of aromatic nitrogens is 2. The number of aliphatic hydroxyl groups is 1. The number of aromatic amines is 1. The van der Waals surface area contributed by atoms with Crippen LogP contribution in [0.3, 0.4) is 0 Å². The Hall–Kier alpha value is -2.14. The number of H-pyrrole nitrogens is 1. The smallest absolute Gasteiger partial charge is 0.257 e. The summed E-state index contributed by atoms with van der Waals surface area (Å²) >= 11 is 0. The van der Waals surface area contributed by atoms with E-state index in [1.165, 1.54) is 4.90 Å². The lowest BCUT2D eigenvalue weighted by atomic mass is 10.0. The van der Waals surface area contributed by atoms with Crippen molar-refractivity contribution in [1.29, 1.82) is 0 Å². The van der Waals surface area contributed by atoms with Crippen molar-refractivity contribution in [3.05, 3.63) is 53.6 Å². The third-order valence-electron chi connectivity index (χ3n) is 3.44. The molecule has 1 aliphatic heterocycles. The maximum atomic E-state index is 12.4. The minimum atomic E-state index is -1.49. The van der Waals surface area contributed by atoms with E-state index in [0.717, 1.165) is 6.42 Å². The summed E-state index contributed by atoms with van der Waals surface area (Å²) in [7, 11) is 0. The molecule has 2 heterocycles. The molecule has 1 aromatic heterocycles. The van der Waals surface area contributed by atoms with Gasteiger partial charge in [0.2, 0.25) is 5.72 Å². The Kier molecular flexibility index (Phi) is 2.64. The maximum absolute atomic E-state index is 12.4. The van der Waals surface area contributed by atoms with Crippen molar-refractivity contribution in [1.82, 2.24) is 14.9 Å². The van der Waals surface area contributed by atoms with Gasteiger partial charge in [-0.05, 0) is 12.5 Å². The molecule has 1 atom stereocenters. The van der Waals surface area contributed by atoms with Crippen molar-refractivity contribution >= 4 is 5.91 Å². The number of benzene rings is 1. The normalized spacial score (nSPS) is 21.8. The molecule has 19 heavy (non-hydrogen) atoms. The number of nitrogens with one attached hydrogen (secondary N) is 1. The molecule has 98 valence electrons. The van der Waals surface area contributed by atoms with Gasteiger partial charge in [0.05, 0.1) is 0 Å². The first-order chi connectivity index (χ1) is 9.19. The fraction of sp³-hybridized carbons (Fsp3) is 0.286. The number of rotatable bonds is 3. The Bertz CT molecular complexity index is 609. The van der Waals surface area contributed by atoms with Crippen LogP contribution in [0.15, 0.2) is 36.7 Å². The number of carbonyl (C=O) groups is 1. The molecule has 0 saturated heterocycles. The van der Waals surface area contributed by atoms with Gasteiger partial charge in [-0.2, -0.15) is 0 Å². The van der Waals surface area contributed by atoms with E-state index in [4.69, 9.17) is 0 Å². The average molecular weight is 257 g/mol. The van der Waals surface area contributed by atoms with Crippen molar-refractivity contribution in [2.75, 3.05) is 6.54 Å². The van der Waals surface area contributed by atoms with E-state index in [1.54, 1.807) is 30.6 Å². The Morgan fingerprint density at radius 3 is 2.89 bits per heavy atom. The van der Waals surface area contributed by atoms with Crippen LogP contribution < -0.4 is 0 Å². The molecule has 5 heteroatoms. The molecule has 1 amide bonds. The SMILES string of the molecule is CCCN1C(=O)c2ccccc2[C@]1(O)c1ncc[nH]1. The number of imidazole rings is 1. The predicted octanol–water partition coefficient (Wildman–Crippen LogP) is 1.47. The summed E-state index contributed by atoms with van der Waals surface area (Å²) in [6, 6.07) is 7.12. The van der Waals surface area contributed by atoms with E-state index < -0.39 is 5.72 Å². The average Bonchev–Trinajstić information content (AvgIpc) is 3.03. The van der Waals surface area contributed by atoms with Crippen LogP contribution in [-0.4, -0.2) is 32.4 Å². The lowest BCUT2D eigenvalue weighted by Crippen LogP contribution is -2.45. The Morgan fingerprint density at radius 2 is 2.21 bits per heavy atom. The van der Waals surface area contributed by atoms with Gasteiger partial charge in [-0.25, -0.2) is 4.98 Å². The summed E-state index contributed by atoms with van der Waals surface area (Å²) in [5.41, 5.74) is -0.369. The predicted molar refractivity (Wildman–Crippen MR) is 69.4 cm³/mol. The molecule has 0 aliphatic carbocycles. The van der Waals surface area contributed by atoms with E-state index in [-0.39, 0.29) is 5.91 Å².